The van der Waals surface area contributed by atoms with Crippen LogP contribution in [-0.2, 0) is 22.7 Å². The summed E-state index contributed by atoms with van der Waals surface area (Å²) in [5.74, 6) is 0. The van der Waals surface area contributed by atoms with E-state index in [2.05, 4.69) is 0 Å². The van der Waals surface area contributed by atoms with Crippen molar-refractivity contribution in [1.82, 2.24) is 0 Å². The number of aliphatic hydroxyl groups excluding tert-OH is 2. The lowest BCUT2D eigenvalue weighted by molar-refractivity contribution is -0.0856. The molecule has 2 aromatic rings. The van der Waals surface area contributed by atoms with Crippen LogP contribution in [0.15, 0.2) is 60.7 Å². The molecule has 1 aliphatic rings. The minimum absolute atomic E-state index is 0.00577. The summed E-state index contributed by atoms with van der Waals surface area (Å²) in [7, 11) is 0. The van der Waals surface area contributed by atoms with Crippen LogP contribution in [-0.4, -0.2) is 46.1 Å². The van der Waals surface area contributed by atoms with E-state index < -0.39 is 0 Å². The number of rotatable bonds is 8. The highest BCUT2D eigenvalue weighted by atomic mass is 32.2. The molecule has 2 aromatic carbocycles. The van der Waals surface area contributed by atoms with Crippen molar-refractivity contribution >= 4 is 11.8 Å². The number of benzene rings is 2. The molecule has 0 radical (unpaired) electrons. The highest BCUT2D eigenvalue weighted by Crippen LogP contribution is 2.38. The minimum Gasteiger partial charge on any atom is -0.395 e. The summed E-state index contributed by atoms with van der Waals surface area (Å²) >= 11 is 1.55. The molecule has 1 aliphatic heterocycles. The van der Waals surface area contributed by atoms with Gasteiger partial charge in [-0.1, -0.05) is 60.7 Å². The molecule has 25 heavy (non-hydrogen) atoms. The molecule has 0 spiro atoms. The van der Waals surface area contributed by atoms with Crippen molar-refractivity contribution in [3.05, 3.63) is 71.8 Å². The van der Waals surface area contributed by atoms with E-state index in [0.717, 1.165) is 11.1 Å². The Hall–Kier alpha value is -1.37. The van der Waals surface area contributed by atoms with E-state index in [9.17, 15) is 10.2 Å². The molecule has 0 saturated carbocycles. The quantitative estimate of drug-likeness (QED) is 0.758. The molecular formula is C20H24O4S. The largest absolute Gasteiger partial charge is 0.395 e. The van der Waals surface area contributed by atoms with E-state index in [-0.39, 0.29) is 35.9 Å². The van der Waals surface area contributed by atoms with Crippen LogP contribution in [0, 0.1) is 0 Å². The summed E-state index contributed by atoms with van der Waals surface area (Å²) in [5, 5.41) is 19.2. The normalized spacial score (nSPS) is 26.0. The van der Waals surface area contributed by atoms with Crippen LogP contribution in [0.3, 0.4) is 0 Å². The number of thioether (sulfide) groups is 1. The van der Waals surface area contributed by atoms with Crippen molar-refractivity contribution in [2.75, 3.05) is 13.2 Å². The summed E-state index contributed by atoms with van der Waals surface area (Å²) in [4.78, 5) is 0. The van der Waals surface area contributed by atoms with Crippen LogP contribution in [0.4, 0.5) is 0 Å². The SMILES string of the molecule is OC[C@H]1S[C@H](CO)[C@@H](OCc2ccccc2)[C@@H]1OCc1ccccc1. The van der Waals surface area contributed by atoms with Gasteiger partial charge in [-0.25, -0.2) is 0 Å². The van der Waals surface area contributed by atoms with Crippen LogP contribution < -0.4 is 0 Å². The fourth-order valence-electron chi connectivity index (χ4n) is 3.03. The zero-order valence-corrected chi connectivity index (χ0v) is 14.8. The van der Waals surface area contributed by atoms with Crippen LogP contribution in [0.1, 0.15) is 11.1 Å². The average molecular weight is 360 g/mol. The van der Waals surface area contributed by atoms with E-state index in [1.54, 1.807) is 11.8 Å². The number of ether oxygens (including phenoxy) is 2. The van der Waals surface area contributed by atoms with E-state index in [4.69, 9.17) is 9.47 Å². The third-order valence-electron chi connectivity index (χ3n) is 4.34. The van der Waals surface area contributed by atoms with Crippen molar-refractivity contribution in [3.63, 3.8) is 0 Å². The van der Waals surface area contributed by atoms with Gasteiger partial charge in [0.25, 0.3) is 0 Å². The Morgan fingerprint density at radius 3 is 1.44 bits per heavy atom. The molecule has 1 fully saturated rings. The summed E-state index contributed by atoms with van der Waals surface area (Å²) < 4.78 is 12.2. The van der Waals surface area contributed by atoms with Crippen molar-refractivity contribution in [2.45, 2.75) is 35.9 Å². The van der Waals surface area contributed by atoms with Crippen molar-refractivity contribution < 1.29 is 19.7 Å². The summed E-state index contributed by atoms with van der Waals surface area (Å²) in [6, 6.07) is 19.9. The molecule has 4 atom stereocenters. The molecule has 4 nitrogen and oxygen atoms in total. The molecule has 0 amide bonds. The Morgan fingerprint density at radius 1 is 0.680 bits per heavy atom. The lowest BCUT2D eigenvalue weighted by atomic mass is 10.1. The van der Waals surface area contributed by atoms with Crippen molar-refractivity contribution in [2.24, 2.45) is 0 Å². The summed E-state index contributed by atoms with van der Waals surface area (Å²) in [5.41, 5.74) is 2.16. The van der Waals surface area contributed by atoms with Gasteiger partial charge in [0.15, 0.2) is 0 Å². The smallest absolute Gasteiger partial charge is 0.0993 e. The van der Waals surface area contributed by atoms with Crippen LogP contribution in [0.5, 0.6) is 0 Å². The first-order valence-corrected chi connectivity index (χ1v) is 9.44. The van der Waals surface area contributed by atoms with E-state index in [1.807, 2.05) is 60.7 Å². The van der Waals surface area contributed by atoms with Crippen LogP contribution >= 0.6 is 11.8 Å². The van der Waals surface area contributed by atoms with E-state index in [1.165, 1.54) is 0 Å². The highest BCUT2D eigenvalue weighted by Gasteiger charge is 2.45. The summed E-state index contributed by atoms with van der Waals surface area (Å²) in [6.07, 6.45) is -0.507. The second kappa shape index (κ2) is 9.36. The van der Waals surface area contributed by atoms with Gasteiger partial charge >= 0.3 is 0 Å². The Kier molecular flexibility index (Phi) is 6.90. The predicted octanol–water partition coefficient (Wildman–Crippen LogP) is 2.63. The van der Waals surface area contributed by atoms with Gasteiger partial charge in [0, 0.05) is 0 Å². The van der Waals surface area contributed by atoms with Crippen LogP contribution in [0.25, 0.3) is 0 Å². The van der Waals surface area contributed by atoms with Crippen molar-refractivity contribution in [3.8, 4) is 0 Å². The second-order valence-corrected chi connectivity index (χ2v) is 7.58. The molecule has 134 valence electrons. The fraction of sp³-hybridized carbons (Fsp3) is 0.400. The third-order valence-corrected chi connectivity index (χ3v) is 5.87. The number of hydrogen-bond acceptors (Lipinski definition) is 5. The maximum atomic E-state index is 9.71. The topological polar surface area (TPSA) is 58.9 Å². The average Bonchev–Trinajstić information content (AvgIpc) is 3.03. The molecule has 0 bridgehead atoms. The maximum Gasteiger partial charge on any atom is 0.0993 e. The van der Waals surface area contributed by atoms with Gasteiger partial charge in [0.05, 0.1) is 49.1 Å². The zero-order chi connectivity index (χ0) is 17.5. The van der Waals surface area contributed by atoms with Gasteiger partial charge in [0.2, 0.25) is 0 Å². The fourth-order valence-corrected chi connectivity index (χ4v) is 4.43. The van der Waals surface area contributed by atoms with Gasteiger partial charge in [-0.3, -0.25) is 0 Å². The molecule has 5 heteroatoms. The van der Waals surface area contributed by atoms with Gasteiger partial charge in [-0.15, -0.1) is 11.8 Å². The minimum atomic E-state index is -0.254. The standard InChI is InChI=1S/C20H24O4S/c21-11-17-19(23-13-15-7-3-1-4-8-15)20(18(12-22)25-17)24-14-16-9-5-2-6-10-16/h1-10,17-22H,11-14H2/t17-,18-,19-,20-/m1/s1. The lowest BCUT2D eigenvalue weighted by Gasteiger charge is -2.25. The lowest BCUT2D eigenvalue weighted by Crippen LogP contribution is -2.39. The molecule has 3 rings (SSSR count). The number of hydrogen-bond donors (Lipinski definition) is 2. The molecule has 0 aliphatic carbocycles. The van der Waals surface area contributed by atoms with E-state index in [0.29, 0.717) is 13.2 Å². The van der Waals surface area contributed by atoms with Gasteiger partial charge < -0.3 is 19.7 Å². The molecule has 0 unspecified atom stereocenters. The molecular weight excluding hydrogens is 336 g/mol. The third kappa shape index (κ3) is 4.84. The highest BCUT2D eigenvalue weighted by molar-refractivity contribution is 8.01. The zero-order valence-electron chi connectivity index (χ0n) is 14.0. The Labute approximate surface area is 152 Å². The monoisotopic (exact) mass is 360 g/mol. The van der Waals surface area contributed by atoms with E-state index >= 15 is 0 Å². The predicted molar refractivity (Wildman–Crippen MR) is 99.4 cm³/mol. The first kappa shape index (κ1) is 18.4. The molecule has 0 aromatic heterocycles. The first-order valence-electron chi connectivity index (χ1n) is 8.50. The van der Waals surface area contributed by atoms with Gasteiger partial charge in [-0.2, -0.15) is 0 Å². The molecule has 1 saturated heterocycles. The Bertz CT molecular complexity index is 567. The van der Waals surface area contributed by atoms with Gasteiger partial charge in [-0.05, 0) is 11.1 Å². The maximum absolute atomic E-state index is 9.71. The van der Waals surface area contributed by atoms with Crippen LogP contribution in [0.2, 0.25) is 0 Å². The van der Waals surface area contributed by atoms with Gasteiger partial charge in [0.1, 0.15) is 0 Å². The number of aliphatic hydroxyl groups is 2. The molecule has 2 N–H and O–H groups in total. The second-order valence-electron chi connectivity index (χ2n) is 6.10. The Morgan fingerprint density at radius 2 is 1.08 bits per heavy atom. The molecule has 1 heterocycles. The Balaban J connectivity index is 1.66. The van der Waals surface area contributed by atoms with Crippen molar-refractivity contribution in [1.29, 1.82) is 0 Å². The summed E-state index contributed by atoms with van der Waals surface area (Å²) in [6.45, 7) is 0.940. The first-order chi connectivity index (χ1) is 12.3.